The summed E-state index contributed by atoms with van der Waals surface area (Å²) in [5.74, 6) is -2.56. The third-order valence-corrected chi connectivity index (χ3v) is 7.50. The smallest absolute Gasteiger partial charge is 0.289 e. The summed E-state index contributed by atoms with van der Waals surface area (Å²) in [4.78, 5) is 80.0. The SMILES string of the molecule is CCNC(=O)C(=O)CC[C@H](NC(=O)c1cnc(C(C)C)o1)C(=O)Nc1cccn(CC(=O)NC23CCC(C2)C3)c1=O. The van der Waals surface area contributed by atoms with Crippen LogP contribution in [0.5, 0.6) is 0 Å². The van der Waals surface area contributed by atoms with Gasteiger partial charge < -0.3 is 30.3 Å². The summed E-state index contributed by atoms with van der Waals surface area (Å²) in [6.07, 6.45) is 6.10. The van der Waals surface area contributed by atoms with Gasteiger partial charge in [0.25, 0.3) is 17.4 Å². The summed E-state index contributed by atoms with van der Waals surface area (Å²) in [6, 6.07) is 1.61. The van der Waals surface area contributed by atoms with E-state index in [4.69, 9.17) is 4.42 Å². The largest absolute Gasteiger partial charge is 0.435 e. The number of aromatic nitrogens is 2. The average molecular weight is 569 g/mol. The number of anilines is 1. The predicted octanol–water partition coefficient (Wildman–Crippen LogP) is 1.24. The molecule has 3 saturated carbocycles. The highest BCUT2D eigenvalue weighted by atomic mass is 16.4. The van der Waals surface area contributed by atoms with Crippen molar-refractivity contribution in [1.29, 1.82) is 0 Å². The van der Waals surface area contributed by atoms with Crippen molar-refractivity contribution in [2.24, 2.45) is 5.92 Å². The molecule has 4 amide bonds. The fraction of sp³-hybridized carbons (Fsp3) is 0.536. The molecular formula is C28H36N6O7. The maximum Gasteiger partial charge on any atom is 0.289 e. The molecule has 3 aliphatic rings. The lowest BCUT2D eigenvalue weighted by atomic mass is 9.77. The van der Waals surface area contributed by atoms with Crippen LogP contribution in [0.25, 0.3) is 0 Å². The number of hydrogen-bond donors (Lipinski definition) is 4. The minimum absolute atomic E-state index is 0.0730. The highest BCUT2D eigenvalue weighted by molar-refractivity contribution is 6.36. The van der Waals surface area contributed by atoms with Gasteiger partial charge in [0.15, 0.2) is 5.89 Å². The lowest BCUT2D eigenvalue weighted by molar-refractivity contribution is -0.138. The van der Waals surface area contributed by atoms with Crippen LogP contribution in [0.4, 0.5) is 5.69 Å². The van der Waals surface area contributed by atoms with Crippen LogP contribution in [0.2, 0.25) is 0 Å². The van der Waals surface area contributed by atoms with E-state index < -0.39 is 35.1 Å². The van der Waals surface area contributed by atoms with Crippen molar-refractivity contribution in [3.8, 4) is 0 Å². The van der Waals surface area contributed by atoms with E-state index in [0.717, 1.165) is 25.7 Å². The molecule has 0 spiro atoms. The number of Topliss-reactive ketones (excluding diaryl/α,β-unsaturated/α-hetero) is 1. The maximum absolute atomic E-state index is 13.3. The zero-order valence-electron chi connectivity index (χ0n) is 23.5. The van der Waals surface area contributed by atoms with Gasteiger partial charge in [-0.1, -0.05) is 13.8 Å². The number of oxazole rings is 1. The van der Waals surface area contributed by atoms with Crippen LogP contribution in [-0.2, 0) is 25.7 Å². The Morgan fingerprint density at radius 1 is 1.20 bits per heavy atom. The van der Waals surface area contributed by atoms with Gasteiger partial charge >= 0.3 is 0 Å². The molecule has 0 radical (unpaired) electrons. The number of carbonyl (C=O) groups is 5. The fourth-order valence-corrected chi connectivity index (χ4v) is 5.37. The molecule has 41 heavy (non-hydrogen) atoms. The number of hydrogen-bond acceptors (Lipinski definition) is 8. The first-order valence-corrected chi connectivity index (χ1v) is 13.9. The topological polar surface area (TPSA) is 182 Å². The summed E-state index contributed by atoms with van der Waals surface area (Å²) < 4.78 is 6.65. The van der Waals surface area contributed by atoms with Crippen LogP contribution in [0, 0.1) is 5.92 Å². The number of carbonyl (C=O) groups excluding carboxylic acids is 5. The molecule has 2 aromatic rings. The predicted molar refractivity (Wildman–Crippen MR) is 147 cm³/mol. The van der Waals surface area contributed by atoms with Gasteiger partial charge in [-0.2, -0.15) is 0 Å². The second kappa shape index (κ2) is 12.5. The van der Waals surface area contributed by atoms with Crippen LogP contribution < -0.4 is 26.8 Å². The second-order valence-electron chi connectivity index (χ2n) is 11.1. The monoisotopic (exact) mass is 568 g/mol. The fourth-order valence-electron chi connectivity index (χ4n) is 5.37. The van der Waals surface area contributed by atoms with Gasteiger partial charge in [0, 0.05) is 30.6 Å². The van der Waals surface area contributed by atoms with Gasteiger partial charge in [-0.05, 0) is 57.1 Å². The Kier molecular flexibility index (Phi) is 9.04. The van der Waals surface area contributed by atoms with Crippen LogP contribution in [0.15, 0.2) is 33.7 Å². The maximum atomic E-state index is 13.3. The molecule has 0 aromatic carbocycles. The standard InChI is InChI=1S/C28H36N6O7/c1-4-29-24(38)20(35)8-7-18(31-25(39)21-14-30-26(41-21)16(2)3)23(37)32-19-6-5-11-34(27(19)40)15-22(36)33-28-10-9-17(12-28)13-28/h5-6,11,14,16-18H,4,7-10,12-13,15H2,1-3H3,(H,29,38)(H,31,39)(H,32,37)(H,33,36)/t17?,18-,28?/m0/s1. The highest BCUT2D eigenvalue weighted by Crippen LogP contribution is 2.51. The van der Waals surface area contributed by atoms with Gasteiger partial charge in [-0.15, -0.1) is 0 Å². The third-order valence-electron chi connectivity index (χ3n) is 7.50. The Labute approximate surface area is 236 Å². The molecular weight excluding hydrogens is 532 g/mol. The quantitative estimate of drug-likeness (QED) is 0.260. The number of fused-ring (bicyclic) bond motifs is 1. The van der Waals surface area contributed by atoms with E-state index >= 15 is 0 Å². The Morgan fingerprint density at radius 3 is 2.59 bits per heavy atom. The summed E-state index contributed by atoms with van der Waals surface area (Å²) in [5.41, 5.74) is -0.871. The zero-order chi connectivity index (χ0) is 29.7. The number of rotatable bonds is 13. The van der Waals surface area contributed by atoms with Crippen molar-refractivity contribution in [3.05, 3.63) is 46.5 Å². The highest BCUT2D eigenvalue weighted by Gasteiger charge is 2.50. The molecule has 3 aliphatic carbocycles. The molecule has 0 aliphatic heterocycles. The Morgan fingerprint density at radius 2 is 1.95 bits per heavy atom. The van der Waals surface area contributed by atoms with Crippen molar-refractivity contribution < 1.29 is 28.4 Å². The Balaban J connectivity index is 1.45. The third kappa shape index (κ3) is 7.08. The minimum atomic E-state index is -1.29. The van der Waals surface area contributed by atoms with Crippen LogP contribution in [0.3, 0.4) is 0 Å². The molecule has 4 N–H and O–H groups in total. The number of pyridine rings is 1. The first-order valence-electron chi connectivity index (χ1n) is 13.9. The van der Waals surface area contributed by atoms with Crippen LogP contribution in [0.1, 0.15) is 81.7 Å². The molecule has 13 heteroatoms. The van der Waals surface area contributed by atoms with Gasteiger partial charge in [-0.25, -0.2) is 4.98 Å². The molecule has 2 bridgehead atoms. The number of nitrogens with one attached hydrogen (secondary N) is 4. The van der Waals surface area contributed by atoms with Gasteiger partial charge in [-0.3, -0.25) is 28.8 Å². The zero-order valence-corrected chi connectivity index (χ0v) is 23.5. The molecule has 0 saturated heterocycles. The first-order chi connectivity index (χ1) is 19.5. The van der Waals surface area contributed by atoms with Crippen LogP contribution >= 0.6 is 0 Å². The molecule has 1 atom stereocenters. The summed E-state index contributed by atoms with van der Waals surface area (Å²) in [6.45, 7) is 5.39. The van der Waals surface area contributed by atoms with E-state index in [1.54, 1.807) is 6.92 Å². The Bertz CT molecular complexity index is 1380. The summed E-state index contributed by atoms with van der Waals surface area (Å²) >= 11 is 0. The van der Waals surface area contributed by atoms with Crippen molar-refractivity contribution >= 4 is 35.1 Å². The van der Waals surface area contributed by atoms with E-state index in [1.807, 2.05) is 13.8 Å². The molecule has 0 unspecified atom stereocenters. The van der Waals surface area contributed by atoms with E-state index in [0.29, 0.717) is 11.8 Å². The number of likely N-dealkylation sites (N-methyl/N-ethyl adjacent to an activating group) is 1. The van der Waals surface area contributed by atoms with Gasteiger partial charge in [0.2, 0.25) is 23.4 Å². The summed E-state index contributed by atoms with van der Waals surface area (Å²) in [7, 11) is 0. The van der Waals surface area contributed by atoms with E-state index in [-0.39, 0.29) is 54.7 Å². The first kappa shape index (κ1) is 29.7. The van der Waals surface area contributed by atoms with E-state index in [1.165, 1.54) is 29.1 Å². The lowest BCUT2D eigenvalue weighted by Crippen LogP contribution is -2.53. The molecule has 220 valence electrons. The normalized spacial score (nSPS) is 19.7. The number of ketones is 1. The molecule has 2 aromatic heterocycles. The van der Waals surface area contributed by atoms with Crippen molar-refractivity contribution in [1.82, 2.24) is 25.5 Å². The van der Waals surface area contributed by atoms with Gasteiger partial charge in [0.05, 0.1) is 6.20 Å². The number of amides is 4. The molecule has 5 rings (SSSR count). The second-order valence-corrected chi connectivity index (χ2v) is 11.1. The molecule has 13 nitrogen and oxygen atoms in total. The molecule has 2 heterocycles. The van der Waals surface area contributed by atoms with Crippen molar-refractivity contribution in [3.63, 3.8) is 0 Å². The minimum Gasteiger partial charge on any atom is -0.435 e. The summed E-state index contributed by atoms with van der Waals surface area (Å²) in [5, 5.41) is 10.5. The Hall–Kier alpha value is -4.29. The lowest BCUT2D eigenvalue weighted by Gasteiger charge is -2.39. The van der Waals surface area contributed by atoms with E-state index in [9.17, 15) is 28.8 Å². The average Bonchev–Trinajstić information content (AvgIpc) is 3.65. The van der Waals surface area contributed by atoms with Crippen molar-refractivity contribution in [2.45, 2.75) is 83.3 Å². The van der Waals surface area contributed by atoms with Crippen molar-refractivity contribution in [2.75, 3.05) is 11.9 Å². The molecule has 3 fully saturated rings. The van der Waals surface area contributed by atoms with Gasteiger partial charge in [0.1, 0.15) is 18.3 Å². The van der Waals surface area contributed by atoms with E-state index in [2.05, 4.69) is 26.3 Å². The number of nitrogens with zero attached hydrogens (tertiary/aromatic N) is 2. The van der Waals surface area contributed by atoms with Crippen LogP contribution in [-0.4, -0.2) is 57.1 Å².